The van der Waals surface area contributed by atoms with Crippen LogP contribution in [0.3, 0.4) is 0 Å². The zero-order valence-electron chi connectivity index (χ0n) is 12.4. The highest BCUT2D eigenvalue weighted by molar-refractivity contribution is 5.79. The van der Waals surface area contributed by atoms with Crippen LogP contribution < -0.4 is 5.73 Å². The lowest BCUT2D eigenvalue weighted by Gasteiger charge is -2.35. The second-order valence-corrected chi connectivity index (χ2v) is 5.50. The fourth-order valence-electron chi connectivity index (χ4n) is 2.66. The minimum Gasteiger partial charge on any atom is -0.383 e. The van der Waals surface area contributed by atoms with E-state index in [-0.39, 0.29) is 17.9 Å². The zero-order valence-corrected chi connectivity index (χ0v) is 12.4. The maximum atomic E-state index is 12.6. The minimum absolute atomic E-state index is 0.00344. The molecule has 0 heterocycles. The highest BCUT2D eigenvalue weighted by atomic mass is 16.5. The second kappa shape index (κ2) is 8.51. The molecule has 0 aliphatic heterocycles. The van der Waals surface area contributed by atoms with E-state index < -0.39 is 0 Å². The van der Waals surface area contributed by atoms with Crippen LogP contribution in [0.2, 0.25) is 0 Å². The number of carbonyl (C=O) groups excluding carboxylic acids is 1. The molecule has 3 unspecified atom stereocenters. The van der Waals surface area contributed by atoms with Gasteiger partial charge in [-0.2, -0.15) is 0 Å². The average Bonchev–Trinajstić information content (AvgIpc) is 2.41. The molecule has 0 radical (unpaired) electrons. The van der Waals surface area contributed by atoms with Gasteiger partial charge < -0.3 is 20.1 Å². The van der Waals surface area contributed by atoms with Gasteiger partial charge in [0.15, 0.2) is 0 Å². The van der Waals surface area contributed by atoms with Crippen molar-refractivity contribution in [1.82, 2.24) is 4.90 Å². The van der Waals surface area contributed by atoms with Gasteiger partial charge in [-0.05, 0) is 25.2 Å². The summed E-state index contributed by atoms with van der Waals surface area (Å²) in [5.41, 5.74) is 6.13. The van der Waals surface area contributed by atoms with Gasteiger partial charge in [-0.1, -0.05) is 6.92 Å². The van der Waals surface area contributed by atoms with Gasteiger partial charge >= 0.3 is 0 Å². The minimum atomic E-state index is -0.0440. The van der Waals surface area contributed by atoms with Crippen molar-refractivity contribution >= 4 is 5.91 Å². The normalized spacial score (nSPS) is 27.3. The van der Waals surface area contributed by atoms with Crippen molar-refractivity contribution < 1.29 is 14.3 Å². The average molecular weight is 272 g/mol. The third-order valence-corrected chi connectivity index (χ3v) is 3.93. The van der Waals surface area contributed by atoms with Gasteiger partial charge in [-0.15, -0.1) is 0 Å². The van der Waals surface area contributed by atoms with E-state index in [2.05, 4.69) is 6.92 Å². The van der Waals surface area contributed by atoms with Crippen LogP contribution in [-0.2, 0) is 14.3 Å². The molecule has 0 saturated heterocycles. The number of carbonyl (C=O) groups is 1. The molecular formula is C14H28N2O3. The van der Waals surface area contributed by atoms with Crippen molar-refractivity contribution in [3.05, 3.63) is 0 Å². The second-order valence-electron chi connectivity index (χ2n) is 5.50. The maximum absolute atomic E-state index is 12.6. The Morgan fingerprint density at radius 2 is 1.79 bits per heavy atom. The monoisotopic (exact) mass is 272 g/mol. The van der Waals surface area contributed by atoms with Gasteiger partial charge in [-0.25, -0.2) is 0 Å². The van der Waals surface area contributed by atoms with Crippen LogP contribution in [0.4, 0.5) is 0 Å². The molecule has 0 aromatic carbocycles. The topological polar surface area (TPSA) is 64.8 Å². The third-order valence-electron chi connectivity index (χ3n) is 3.93. The first-order valence-corrected chi connectivity index (χ1v) is 7.12. The molecule has 0 spiro atoms. The maximum Gasteiger partial charge on any atom is 0.227 e. The highest BCUT2D eigenvalue weighted by Gasteiger charge is 2.33. The van der Waals surface area contributed by atoms with Gasteiger partial charge in [0, 0.05) is 33.4 Å². The number of amides is 1. The Bertz CT molecular complexity index is 265. The molecule has 0 bridgehead atoms. The van der Waals surface area contributed by atoms with E-state index in [1.54, 1.807) is 14.2 Å². The number of hydrogen-bond donors (Lipinski definition) is 1. The summed E-state index contributed by atoms with van der Waals surface area (Å²) in [5.74, 6) is 0.700. The number of hydrogen-bond acceptors (Lipinski definition) is 4. The first-order valence-electron chi connectivity index (χ1n) is 7.12. The van der Waals surface area contributed by atoms with Gasteiger partial charge in [0.1, 0.15) is 0 Å². The van der Waals surface area contributed by atoms with E-state index in [1.807, 2.05) is 4.90 Å². The lowest BCUT2D eigenvalue weighted by Crippen LogP contribution is -2.48. The summed E-state index contributed by atoms with van der Waals surface area (Å²) in [6, 6.07) is -0.00344. The molecular weight excluding hydrogens is 244 g/mol. The van der Waals surface area contributed by atoms with Crippen molar-refractivity contribution in [1.29, 1.82) is 0 Å². The van der Waals surface area contributed by atoms with Crippen molar-refractivity contribution in [2.45, 2.75) is 32.2 Å². The molecule has 112 valence electrons. The third kappa shape index (κ3) is 5.09. The lowest BCUT2D eigenvalue weighted by molar-refractivity contribution is -0.139. The molecule has 5 nitrogen and oxygen atoms in total. The van der Waals surface area contributed by atoms with Gasteiger partial charge in [-0.3, -0.25) is 4.79 Å². The predicted octanol–water partition coefficient (Wildman–Crippen LogP) is 0.871. The van der Waals surface area contributed by atoms with Crippen molar-refractivity contribution in [3.8, 4) is 0 Å². The van der Waals surface area contributed by atoms with Crippen molar-refractivity contribution in [2.24, 2.45) is 17.6 Å². The van der Waals surface area contributed by atoms with Crippen LogP contribution >= 0.6 is 0 Å². The summed E-state index contributed by atoms with van der Waals surface area (Å²) < 4.78 is 10.1. The van der Waals surface area contributed by atoms with E-state index in [9.17, 15) is 4.79 Å². The van der Waals surface area contributed by atoms with Crippen molar-refractivity contribution in [3.63, 3.8) is 0 Å². The van der Waals surface area contributed by atoms with Crippen molar-refractivity contribution in [2.75, 3.05) is 40.5 Å². The fourth-order valence-corrected chi connectivity index (χ4v) is 2.66. The Hall–Kier alpha value is -0.650. The molecule has 0 aromatic rings. The standard InChI is InChI=1S/C14H28N2O3/c1-11-4-5-13(15)12(10-11)14(17)16(6-8-18-2)7-9-19-3/h11-13H,4-10,15H2,1-3H3. The molecule has 1 saturated carbocycles. The molecule has 1 rings (SSSR count). The van der Waals surface area contributed by atoms with E-state index in [0.29, 0.717) is 32.2 Å². The summed E-state index contributed by atoms with van der Waals surface area (Å²) in [6.07, 6.45) is 2.97. The number of methoxy groups -OCH3 is 2. The predicted molar refractivity (Wildman–Crippen MR) is 74.8 cm³/mol. The first kappa shape index (κ1) is 16.4. The number of ether oxygens (including phenoxy) is 2. The molecule has 0 aromatic heterocycles. The van der Waals surface area contributed by atoms with Crippen LogP contribution in [0.5, 0.6) is 0 Å². The van der Waals surface area contributed by atoms with E-state index >= 15 is 0 Å². The van der Waals surface area contributed by atoms with Crippen LogP contribution in [0.1, 0.15) is 26.2 Å². The van der Waals surface area contributed by atoms with Crippen LogP contribution in [0, 0.1) is 11.8 Å². The number of nitrogens with two attached hydrogens (primary N) is 1. The number of nitrogens with zero attached hydrogens (tertiary/aromatic N) is 1. The summed E-state index contributed by atoms with van der Waals surface area (Å²) in [6.45, 7) is 4.51. The largest absolute Gasteiger partial charge is 0.383 e. The Morgan fingerprint density at radius 3 is 2.32 bits per heavy atom. The Balaban J connectivity index is 2.61. The van der Waals surface area contributed by atoms with E-state index in [0.717, 1.165) is 19.3 Å². The molecule has 19 heavy (non-hydrogen) atoms. The lowest BCUT2D eigenvalue weighted by atomic mass is 9.78. The molecule has 1 aliphatic rings. The Morgan fingerprint density at radius 1 is 1.21 bits per heavy atom. The van der Waals surface area contributed by atoms with Crippen LogP contribution in [0.25, 0.3) is 0 Å². The summed E-state index contributed by atoms with van der Waals surface area (Å²) in [7, 11) is 3.29. The quantitative estimate of drug-likeness (QED) is 0.747. The summed E-state index contributed by atoms with van der Waals surface area (Å²) in [4.78, 5) is 14.4. The Labute approximate surface area is 116 Å². The summed E-state index contributed by atoms with van der Waals surface area (Å²) >= 11 is 0. The molecule has 1 amide bonds. The first-order chi connectivity index (χ1) is 9.10. The van der Waals surface area contributed by atoms with Gasteiger partial charge in [0.25, 0.3) is 0 Å². The SMILES string of the molecule is COCCN(CCOC)C(=O)C1CC(C)CCC1N. The Kier molecular flexibility index (Phi) is 7.34. The molecule has 3 atom stereocenters. The van der Waals surface area contributed by atoms with Crippen LogP contribution in [0.15, 0.2) is 0 Å². The molecule has 2 N–H and O–H groups in total. The van der Waals surface area contributed by atoms with Gasteiger partial charge in [0.05, 0.1) is 19.1 Å². The fraction of sp³-hybridized carbons (Fsp3) is 0.929. The number of rotatable bonds is 7. The van der Waals surface area contributed by atoms with Gasteiger partial charge in [0.2, 0.25) is 5.91 Å². The van der Waals surface area contributed by atoms with Crippen LogP contribution in [-0.4, -0.2) is 57.4 Å². The van der Waals surface area contributed by atoms with E-state index in [1.165, 1.54) is 0 Å². The molecule has 5 heteroatoms. The smallest absolute Gasteiger partial charge is 0.227 e. The zero-order chi connectivity index (χ0) is 14.3. The summed E-state index contributed by atoms with van der Waals surface area (Å²) in [5, 5.41) is 0. The highest BCUT2D eigenvalue weighted by Crippen LogP contribution is 2.29. The van der Waals surface area contributed by atoms with E-state index in [4.69, 9.17) is 15.2 Å². The molecule has 1 aliphatic carbocycles. The molecule has 1 fully saturated rings.